The summed E-state index contributed by atoms with van der Waals surface area (Å²) < 4.78 is 9.94. The van der Waals surface area contributed by atoms with E-state index in [4.69, 9.17) is 4.74 Å². The third-order valence-corrected chi connectivity index (χ3v) is 2.49. The third-order valence-electron chi connectivity index (χ3n) is 2.49. The molecule has 0 atom stereocenters. The highest BCUT2D eigenvalue weighted by Gasteiger charge is 2.06. The zero-order valence-corrected chi connectivity index (χ0v) is 11.2. The normalized spacial score (nSPS) is 9.94. The SMILES string of the molecule is CCOc1cccc(N(C)CCCC(=O)OC)n1. The lowest BCUT2D eigenvalue weighted by Gasteiger charge is -2.18. The molecule has 5 nitrogen and oxygen atoms in total. The minimum atomic E-state index is -0.181. The summed E-state index contributed by atoms with van der Waals surface area (Å²) in [6.07, 6.45) is 1.16. The van der Waals surface area contributed by atoms with Gasteiger partial charge in [0.25, 0.3) is 0 Å². The largest absolute Gasteiger partial charge is 0.478 e. The number of anilines is 1. The van der Waals surface area contributed by atoms with E-state index in [9.17, 15) is 4.79 Å². The van der Waals surface area contributed by atoms with Gasteiger partial charge in [0.1, 0.15) is 5.82 Å². The van der Waals surface area contributed by atoms with Crippen LogP contribution in [0.1, 0.15) is 19.8 Å². The smallest absolute Gasteiger partial charge is 0.305 e. The van der Waals surface area contributed by atoms with Crippen LogP contribution in [0, 0.1) is 0 Å². The van der Waals surface area contributed by atoms with Crippen molar-refractivity contribution in [2.24, 2.45) is 0 Å². The summed E-state index contributed by atoms with van der Waals surface area (Å²) in [6.45, 7) is 3.27. The van der Waals surface area contributed by atoms with Crippen molar-refractivity contribution >= 4 is 11.8 Å². The predicted octanol–water partition coefficient (Wildman–Crippen LogP) is 1.87. The number of pyridine rings is 1. The van der Waals surface area contributed by atoms with E-state index in [-0.39, 0.29) is 5.97 Å². The number of hydrogen-bond donors (Lipinski definition) is 0. The standard InChI is InChI=1S/C13H20N2O3/c1-4-18-12-8-5-7-11(14-12)15(2)10-6-9-13(16)17-3/h5,7-8H,4,6,9-10H2,1-3H3. The topological polar surface area (TPSA) is 51.7 Å². The number of nitrogens with zero attached hydrogens (tertiary/aromatic N) is 2. The number of esters is 1. The highest BCUT2D eigenvalue weighted by molar-refractivity contribution is 5.69. The first-order valence-corrected chi connectivity index (χ1v) is 6.05. The fraction of sp³-hybridized carbons (Fsp3) is 0.538. The summed E-state index contributed by atoms with van der Waals surface area (Å²) in [5.74, 6) is 1.28. The van der Waals surface area contributed by atoms with Crippen LogP contribution in [0.4, 0.5) is 5.82 Å². The Morgan fingerprint density at radius 2 is 2.22 bits per heavy atom. The molecule has 0 aliphatic rings. The third kappa shape index (κ3) is 4.61. The molecule has 0 saturated carbocycles. The van der Waals surface area contributed by atoms with Crippen molar-refractivity contribution in [2.45, 2.75) is 19.8 Å². The quantitative estimate of drug-likeness (QED) is 0.693. The van der Waals surface area contributed by atoms with Crippen molar-refractivity contribution in [1.82, 2.24) is 4.98 Å². The molecular weight excluding hydrogens is 232 g/mol. The molecule has 18 heavy (non-hydrogen) atoms. The average molecular weight is 252 g/mol. The second kappa shape index (κ2) is 7.53. The Labute approximate surface area is 108 Å². The Morgan fingerprint density at radius 1 is 1.44 bits per heavy atom. The van der Waals surface area contributed by atoms with Crippen molar-refractivity contribution in [3.05, 3.63) is 18.2 Å². The maximum Gasteiger partial charge on any atom is 0.305 e. The molecule has 1 rings (SSSR count). The van der Waals surface area contributed by atoms with Gasteiger partial charge < -0.3 is 14.4 Å². The van der Waals surface area contributed by atoms with E-state index < -0.39 is 0 Å². The van der Waals surface area contributed by atoms with E-state index in [0.717, 1.165) is 18.8 Å². The molecule has 0 aromatic carbocycles. The minimum Gasteiger partial charge on any atom is -0.478 e. The zero-order valence-electron chi connectivity index (χ0n) is 11.2. The Morgan fingerprint density at radius 3 is 2.89 bits per heavy atom. The molecule has 0 saturated heterocycles. The van der Waals surface area contributed by atoms with Crippen LogP contribution >= 0.6 is 0 Å². The molecule has 0 spiro atoms. The molecule has 0 aliphatic carbocycles. The van der Waals surface area contributed by atoms with E-state index in [0.29, 0.717) is 18.9 Å². The lowest BCUT2D eigenvalue weighted by Crippen LogP contribution is -2.20. The van der Waals surface area contributed by atoms with Crippen LogP contribution < -0.4 is 9.64 Å². The monoisotopic (exact) mass is 252 g/mol. The van der Waals surface area contributed by atoms with Gasteiger partial charge in [-0.25, -0.2) is 0 Å². The molecule has 0 radical (unpaired) electrons. The number of carbonyl (C=O) groups is 1. The maximum absolute atomic E-state index is 11.0. The Kier molecular flexibility index (Phi) is 5.97. The van der Waals surface area contributed by atoms with Crippen LogP contribution in [0.5, 0.6) is 5.88 Å². The zero-order chi connectivity index (χ0) is 13.4. The lowest BCUT2D eigenvalue weighted by atomic mass is 10.3. The summed E-state index contributed by atoms with van der Waals surface area (Å²) in [6, 6.07) is 5.65. The lowest BCUT2D eigenvalue weighted by molar-refractivity contribution is -0.140. The van der Waals surface area contributed by atoms with Gasteiger partial charge in [-0.3, -0.25) is 4.79 Å². The molecular formula is C13H20N2O3. The molecule has 0 N–H and O–H groups in total. The number of methoxy groups -OCH3 is 1. The van der Waals surface area contributed by atoms with Crippen LogP contribution in [0.15, 0.2) is 18.2 Å². The number of rotatable bonds is 7. The van der Waals surface area contributed by atoms with E-state index in [1.165, 1.54) is 7.11 Å². The van der Waals surface area contributed by atoms with E-state index in [1.54, 1.807) is 0 Å². The van der Waals surface area contributed by atoms with E-state index in [2.05, 4.69) is 9.72 Å². The van der Waals surface area contributed by atoms with Gasteiger partial charge in [-0.2, -0.15) is 4.98 Å². The number of hydrogen-bond acceptors (Lipinski definition) is 5. The van der Waals surface area contributed by atoms with Crippen LogP contribution in [0.3, 0.4) is 0 Å². The fourth-order valence-electron chi connectivity index (χ4n) is 1.52. The number of ether oxygens (including phenoxy) is 2. The molecule has 0 unspecified atom stereocenters. The summed E-state index contributed by atoms with van der Waals surface area (Å²) in [4.78, 5) is 17.4. The number of aromatic nitrogens is 1. The summed E-state index contributed by atoms with van der Waals surface area (Å²) in [7, 11) is 3.34. The number of carbonyl (C=O) groups excluding carboxylic acids is 1. The van der Waals surface area contributed by atoms with Crippen LogP contribution in [0.2, 0.25) is 0 Å². The van der Waals surface area contributed by atoms with Gasteiger partial charge in [-0.15, -0.1) is 0 Å². The highest BCUT2D eigenvalue weighted by Crippen LogP contribution is 2.15. The maximum atomic E-state index is 11.0. The first-order valence-electron chi connectivity index (χ1n) is 6.05. The van der Waals surface area contributed by atoms with Crippen molar-refractivity contribution in [3.63, 3.8) is 0 Å². The highest BCUT2D eigenvalue weighted by atomic mass is 16.5. The second-order valence-electron chi connectivity index (χ2n) is 3.87. The predicted molar refractivity (Wildman–Crippen MR) is 69.9 cm³/mol. The molecule has 0 fully saturated rings. The van der Waals surface area contributed by atoms with E-state index >= 15 is 0 Å². The van der Waals surface area contributed by atoms with Crippen molar-refractivity contribution in [2.75, 3.05) is 32.2 Å². The summed E-state index contributed by atoms with van der Waals surface area (Å²) in [5.41, 5.74) is 0. The molecule has 0 bridgehead atoms. The van der Waals surface area contributed by atoms with Gasteiger partial charge in [-0.1, -0.05) is 6.07 Å². The van der Waals surface area contributed by atoms with Crippen molar-refractivity contribution in [3.8, 4) is 5.88 Å². The Bertz CT molecular complexity index is 382. The Hall–Kier alpha value is -1.78. The van der Waals surface area contributed by atoms with Crippen LogP contribution in [-0.4, -0.2) is 38.3 Å². The van der Waals surface area contributed by atoms with Gasteiger partial charge in [0.05, 0.1) is 13.7 Å². The van der Waals surface area contributed by atoms with Gasteiger partial charge >= 0.3 is 5.97 Å². The summed E-state index contributed by atoms with van der Waals surface area (Å²) >= 11 is 0. The average Bonchev–Trinajstić information content (AvgIpc) is 2.39. The van der Waals surface area contributed by atoms with Gasteiger partial charge in [0.2, 0.25) is 5.88 Å². The molecule has 1 aromatic heterocycles. The van der Waals surface area contributed by atoms with Crippen molar-refractivity contribution in [1.29, 1.82) is 0 Å². The van der Waals surface area contributed by atoms with Crippen molar-refractivity contribution < 1.29 is 14.3 Å². The molecule has 0 aliphatic heterocycles. The molecule has 5 heteroatoms. The van der Waals surface area contributed by atoms with Gasteiger partial charge in [0, 0.05) is 26.1 Å². The van der Waals surface area contributed by atoms with Gasteiger partial charge in [0.15, 0.2) is 0 Å². The van der Waals surface area contributed by atoms with Gasteiger partial charge in [-0.05, 0) is 19.4 Å². The first kappa shape index (κ1) is 14.3. The first-order chi connectivity index (χ1) is 8.67. The molecule has 1 heterocycles. The molecule has 1 aromatic rings. The fourth-order valence-corrected chi connectivity index (χ4v) is 1.52. The minimum absolute atomic E-state index is 0.181. The summed E-state index contributed by atoms with van der Waals surface area (Å²) in [5, 5.41) is 0. The molecule has 100 valence electrons. The van der Waals surface area contributed by atoms with E-state index in [1.807, 2.05) is 37.1 Å². The van der Waals surface area contributed by atoms with Crippen LogP contribution in [-0.2, 0) is 9.53 Å². The second-order valence-corrected chi connectivity index (χ2v) is 3.87. The van der Waals surface area contributed by atoms with Crippen LogP contribution in [0.25, 0.3) is 0 Å². The molecule has 0 amide bonds. The Balaban J connectivity index is 2.47.